The number of hydrogen-bond donors (Lipinski definition) is 0. The Morgan fingerprint density at radius 3 is 2.79 bits per heavy atom. The van der Waals surface area contributed by atoms with E-state index in [0.29, 0.717) is 11.7 Å². The number of aromatic nitrogens is 6. The molecular formula is C20H21N7O. The van der Waals surface area contributed by atoms with Crippen LogP contribution < -0.4 is 0 Å². The zero-order chi connectivity index (χ0) is 18.8. The first-order valence-corrected chi connectivity index (χ1v) is 9.67. The van der Waals surface area contributed by atoms with Crippen molar-refractivity contribution in [1.29, 1.82) is 0 Å². The molecule has 1 aromatic carbocycles. The van der Waals surface area contributed by atoms with Gasteiger partial charge in [0.2, 0.25) is 5.82 Å². The van der Waals surface area contributed by atoms with Gasteiger partial charge in [-0.1, -0.05) is 16.8 Å². The van der Waals surface area contributed by atoms with Gasteiger partial charge < -0.3 is 9.42 Å². The highest BCUT2D eigenvalue weighted by molar-refractivity contribution is 5.80. The second kappa shape index (κ2) is 7.47. The second-order valence-corrected chi connectivity index (χ2v) is 7.08. The fraction of sp³-hybridized carbons (Fsp3) is 0.350. The number of likely N-dealkylation sites (tertiary alicyclic amines) is 1. The summed E-state index contributed by atoms with van der Waals surface area (Å²) in [4.78, 5) is 11.1. The summed E-state index contributed by atoms with van der Waals surface area (Å²) in [5.74, 6) is 0.983. The van der Waals surface area contributed by atoms with Crippen molar-refractivity contribution in [3.8, 4) is 22.8 Å². The molecule has 0 radical (unpaired) electrons. The molecule has 0 spiro atoms. The van der Waals surface area contributed by atoms with Gasteiger partial charge in [-0.2, -0.15) is 4.98 Å². The fourth-order valence-electron chi connectivity index (χ4n) is 3.64. The molecule has 0 atom stereocenters. The lowest BCUT2D eigenvalue weighted by Crippen LogP contribution is -2.32. The van der Waals surface area contributed by atoms with Crippen LogP contribution in [-0.4, -0.2) is 54.7 Å². The fourth-order valence-corrected chi connectivity index (χ4v) is 3.64. The molecule has 28 heavy (non-hydrogen) atoms. The molecule has 0 bridgehead atoms. The summed E-state index contributed by atoms with van der Waals surface area (Å²) >= 11 is 0. The molecule has 0 amide bonds. The van der Waals surface area contributed by atoms with Gasteiger partial charge in [-0.15, -0.1) is 5.10 Å². The van der Waals surface area contributed by atoms with Gasteiger partial charge >= 0.3 is 0 Å². The number of fused-ring (bicyclic) bond motifs is 1. The number of hydrogen-bond acceptors (Lipinski definition) is 7. The van der Waals surface area contributed by atoms with Gasteiger partial charge in [0.1, 0.15) is 5.52 Å². The standard InChI is InChI=1S/C20H21N7O/c1-2-9-26(10-3-1)11-12-27-18-7-6-15(13-17(18)23-25-27)19-22-20(28-24-19)16-5-4-8-21-14-16/h4-8,13-14H,1-3,9-12H2. The molecular weight excluding hydrogens is 354 g/mol. The largest absolute Gasteiger partial charge is 0.334 e. The molecule has 4 heterocycles. The normalized spacial score (nSPS) is 15.3. The molecule has 0 unspecified atom stereocenters. The van der Waals surface area contributed by atoms with E-state index in [1.807, 2.05) is 35.0 Å². The van der Waals surface area contributed by atoms with E-state index in [4.69, 9.17) is 4.52 Å². The molecule has 8 nitrogen and oxygen atoms in total. The van der Waals surface area contributed by atoms with Crippen molar-refractivity contribution in [2.75, 3.05) is 19.6 Å². The monoisotopic (exact) mass is 375 g/mol. The van der Waals surface area contributed by atoms with Crippen LogP contribution in [0.25, 0.3) is 33.9 Å². The quantitative estimate of drug-likeness (QED) is 0.530. The molecule has 1 fully saturated rings. The average molecular weight is 375 g/mol. The van der Waals surface area contributed by atoms with E-state index >= 15 is 0 Å². The Morgan fingerprint density at radius 1 is 1.00 bits per heavy atom. The summed E-state index contributed by atoms with van der Waals surface area (Å²) in [5, 5.41) is 12.8. The van der Waals surface area contributed by atoms with Crippen LogP contribution in [0.5, 0.6) is 0 Å². The number of piperidine rings is 1. The Bertz CT molecular complexity index is 1070. The minimum atomic E-state index is 0.452. The third-order valence-electron chi connectivity index (χ3n) is 5.18. The van der Waals surface area contributed by atoms with Crippen molar-refractivity contribution < 1.29 is 4.52 Å². The Balaban J connectivity index is 1.35. The van der Waals surface area contributed by atoms with Crippen LogP contribution in [0.15, 0.2) is 47.2 Å². The highest BCUT2D eigenvalue weighted by Gasteiger charge is 2.14. The molecule has 0 N–H and O–H groups in total. The lowest BCUT2D eigenvalue weighted by atomic mass is 10.1. The molecule has 3 aromatic heterocycles. The maximum absolute atomic E-state index is 5.38. The molecule has 5 rings (SSSR count). The van der Waals surface area contributed by atoms with E-state index in [9.17, 15) is 0 Å². The van der Waals surface area contributed by atoms with Crippen LogP contribution in [0.4, 0.5) is 0 Å². The number of benzene rings is 1. The molecule has 142 valence electrons. The van der Waals surface area contributed by atoms with Crippen molar-refractivity contribution in [2.24, 2.45) is 0 Å². The van der Waals surface area contributed by atoms with E-state index in [1.165, 1.54) is 32.4 Å². The number of nitrogens with zero attached hydrogens (tertiary/aromatic N) is 7. The minimum Gasteiger partial charge on any atom is -0.334 e. The number of pyridine rings is 1. The van der Waals surface area contributed by atoms with Gasteiger partial charge in [0.05, 0.1) is 17.6 Å². The third kappa shape index (κ3) is 3.38. The van der Waals surface area contributed by atoms with Crippen molar-refractivity contribution in [2.45, 2.75) is 25.8 Å². The predicted octanol–water partition coefficient (Wildman–Crippen LogP) is 3.03. The van der Waals surface area contributed by atoms with Crippen LogP contribution in [0.3, 0.4) is 0 Å². The summed E-state index contributed by atoms with van der Waals surface area (Å²) < 4.78 is 7.36. The SMILES string of the molecule is c1cncc(-c2nc(-c3ccc4c(c3)nnn4CCN3CCCCC3)no2)c1. The van der Waals surface area contributed by atoms with Crippen LogP contribution in [0.2, 0.25) is 0 Å². The van der Waals surface area contributed by atoms with Crippen molar-refractivity contribution in [1.82, 2.24) is 35.0 Å². The Kier molecular flexibility index (Phi) is 4.54. The van der Waals surface area contributed by atoms with Crippen molar-refractivity contribution >= 4 is 11.0 Å². The van der Waals surface area contributed by atoms with E-state index in [0.717, 1.165) is 35.2 Å². The summed E-state index contributed by atoms with van der Waals surface area (Å²) in [6.45, 7) is 4.24. The third-order valence-corrected chi connectivity index (χ3v) is 5.18. The summed E-state index contributed by atoms with van der Waals surface area (Å²) in [7, 11) is 0. The Morgan fingerprint density at radius 2 is 1.93 bits per heavy atom. The summed E-state index contributed by atoms with van der Waals surface area (Å²) in [6, 6.07) is 9.70. The van der Waals surface area contributed by atoms with Gasteiger partial charge in [0.25, 0.3) is 5.89 Å². The molecule has 8 heteroatoms. The van der Waals surface area contributed by atoms with Gasteiger partial charge in [-0.05, 0) is 56.3 Å². The average Bonchev–Trinajstić information content (AvgIpc) is 3.41. The van der Waals surface area contributed by atoms with Gasteiger partial charge in [0, 0.05) is 24.5 Å². The Hall–Kier alpha value is -3.13. The minimum absolute atomic E-state index is 0.452. The van der Waals surface area contributed by atoms with Crippen LogP contribution in [0.1, 0.15) is 19.3 Å². The zero-order valence-corrected chi connectivity index (χ0v) is 15.5. The summed E-state index contributed by atoms with van der Waals surface area (Å²) in [5.41, 5.74) is 3.51. The smallest absolute Gasteiger partial charge is 0.259 e. The van der Waals surface area contributed by atoms with Gasteiger partial charge in [-0.3, -0.25) is 4.98 Å². The first kappa shape index (κ1) is 17.0. The number of rotatable bonds is 5. The topological polar surface area (TPSA) is 85.8 Å². The maximum atomic E-state index is 5.38. The molecule has 0 aliphatic carbocycles. The van der Waals surface area contributed by atoms with Crippen LogP contribution >= 0.6 is 0 Å². The second-order valence-electron chi connectivity index (χ2n) is 7.08. The summed E-state index contributed by atoms with van der Waals surface area (Å²) in [6.07, 6.45) is 7.36. The lowest BCUT2D eigenvalue weighted by molar-refractivity contribution is 0.218. The lowest BCUT2D eigenvalue weighted by Gasteiger charge is -2.26. The van der Waals surface area contributed by atoms with Crippen LogP contribution in [0, 0.1) is 0 Å². The van der Waals surface area contributed by atoms with Gasteiger partial charge in [-0.25, -0.2) is 4.68 Å². The highest BCUT2D eigenvalue weighted by Crippen LogP contribution is 2.24. The van der Waals surface area contributed by atoms with E-state index in [1.54, 1.807) is 12.4 Å². The highest BCUT2D eigenvalue weighted by atomic mass is 16.5. The van der Waals surface area contributed by atoms with Crippen molar-refractivity contribution in [3.63, 3.8) is 0 Å². The first-order chi connectivity index (χ1) is 13.9. The maximum Gasteiger partial charge on any atom is 0.259 e. The zero-order valence-electron chi connectivity index (χ0n) is 15.5. The molecule has 0 saturated carbocycles. The first-order valence-electron chi connectivity index (χ1n) is 9.67. The molecule has 4 aromatic rings. The molecule has 1 aliphatic rings. The van der Waals surface area contributed by atoms with E-state index < -0.39 is 0 Å². The molecule has 1 saturated heterocycles. The molecule has 1 aliphatic heterocycles. The van der Waals surface area contributed by atoms with Crippen LogP contribution in [-0.2, 0) is 6.54 Å². The van der Waals surface area contributed by atoms with E-state index in [-0.39, 0.29) is 0 Å². The predicted molar refractivity (Wildman–Crippen MR) is 104 cm³/mol. The Labute approximate surface area is 162 Å². The van der Waals surface area contributed by atoms with E-state index in [2.05, 4.69) is 30.3 Å². The van der Waals surface area contributed by atoms with Crippen molar-refractivity contribution in [3.05, 3.63) is 42.7 Å². The van der Waals surface area contributed by atoms with Gasteiger partial charge in [0.15, 0.2) is 0 Å².